The Kier molecular flexibility index (Phi) is 5.66. The number of nitrogens with two attached hydrogens (primary N) is 1. The molecule has 3 N–H and O–H groups in total. The number of ether oxygens (including phenoxy) is 1. The first-order valence-corrected chi connectivity index (χ1v) is 8.32. The van der Waals surface area contributed by atoms with Gasteiger partial charge in [0.15, 0.2) is 0 Å². The predicted molar refractivity (Wildman–Crippen MR) is 94.4 cm³/mol. The summed E-state index contributed by atoms with van der Waals surface area (Å²) in [6.45, 7) is 6.64. The van der Waals surface area contributed by atoms with Crippen molar-refractivity contribution in [2.24, 2.45) is 0 Å². The van der Waals surface area contributed by atoms with Crippen molar-refractivity contribution in [1.82, 2.24) is 9.88 Å². The molecule has 25 heavy (non-hydrogen) atoms. The van der Waals surface area contributed by atoms with Gasteiger partial charge in [-0.3, -0.25) is 10.1 Å². The molecule has 1 atom stereocenters. The molecule has 0 saturated carbocycles. The maximum Gasteiger partial charge on any atom is 0.410 e. The third-order valence-corrected chi connectivity index (χ3v) is 3.87. The van der Waals surface area contributed by atoms with Gasteiger partial charge in [-0.15, -0.1) is 0 Å². The van der Waals surface area contributed by atoms with Crippen LogP contribution < -0.4 is 11.1 Å². The molecule has 1 aliphatic heterocycles. The van der Waals surface area contributed by atoms with Gasteiger partial charge >= 0.3 is 11.8 Å². The number of nitrogens with one attached hydrogen (secondary N) is 1. The Morgan fingerprint density at radius 2 is 2.20 bits per heavy atom. The third-order valence-electron chi connectivity index (χ3n) is 3.87. The van der Waals surface area contributed by atoms with E-state index in [1.165, 1.54) is 12.1 Å². The smallest absolute Gasteiger partial charge is 0.410 e. The van der Waals surface area contributed by atoms with Crippen LogP contribution in [0.3, 0.4) is 0 Å². The number of pyridine rings is 1. The van der Waals surface area contributed by atoms with Gasteiger partial charge in [0.1, 0.15) is 11.4 Å². The van der Waals surface area contributed by atoms with E-state index in [4.69, 9.17) is 10.5 Å². The lowest BCUT2D eigenvalue weighted by Gasteiger charge is -2.36. The standard InChI is InChI=1S/C16H25N5O4/c1-16(2,3)25-15(22)20-9-5-4-6-11(20)10-18-13-8-7-12(21(23)24)14(17)19-13/h7-8,11H,4-6,9-10H2,1-3H3,(H3,17,18,19). The van der Waals surface area contributed by atoms with Crippen LogP contribution in [0.1, 0.15) is 40.0 Å². The largest absolute Gasteiger partial charge is 0.444 e. The zero-order valence-electron chi connectivity index (χ0n) is 14.8. The van der Waals surface area contributed by atoms with Gasteiger partial charge < -0.3 is 20.7 Å². The number of hydrogen-bond donors (Lipinski definition) is 2. The SMILES string of the molecule is CC(C)(C)OC(=O)N1CCCCC1CNc1ccc([N+](=O)[O-])c(N)n1. The van der Waals surface area contributed by atoms with Gasteiger partial charge in [-0.1, -0.05) is 0 Å². The van der Waals surface area contributed by atoms with Crippen LogP contribution in [-0.4, -0.2) is 45.6 Å². The fourth-order valence-electron chi connectivity index (χ4n) is 2.72. The lowest BCUT2D eigenvalue weighted by atomic mass is 10.0. The molecule has 1 aromatic heterocycles. The molecule has 0 aromatic carbocycles. The summed E-state index contributed by atoms with van der Waals surface area (Å²) in [5.41, 5.74) is 4.83. The minimum absolute atomic E-state index is 0.0261. The van der Waals surface area contributed by atoms with Crippen molar-refractivity contribution in [2.75, 3.05) is 24.1 Å². The summed E-state index contributed by atoms with van der Waals surface area (Å²) in [6.07, 6.45) is 2.50. The van der Waals surface area contributed by atoms with Gasteiger partial charge in [0, 0.05) is 19.2 Å². The summed E-state index contributed by atoms with van der Waals surface area (Å²) in [5.74, 6) is 0.306. The van der Waals surface area contributed by atoms with Gasteiger partial charge in [-0.25, -0.2) is 9.78 Å². The molecule has 1 unspecified atom stereocenters. The molecule has 0 radical (unpaired) electrons. The minimum Gasteiger partial charge on any atom is -0.444 e. The number of likely N-dealkylation sites (tertiary alicyclic amines) is 1. The van der Waals surface area contributed by atoms with E-state index in [0.29, 0.717) is 18.9 Å². The van der Waals surface area contributed by atoms with Crippen molar-refractivity contribution in [1.29, 1.82) is 0 Å². The van der Waals surface area contributed by atoms with Gasteiger partial charge in [0.05, 0.1) is 11.0 Å². The summed E-state index contributed by atoms with van der Waals surface area (Å²) < 4.78 is 5.47. The zero-order chi connectivity index (χ0) is 18.6. The van der Waals surface area contributed by atoms with E-state index in [0.717, 1.165) is 19.3 Å². The summed E-state index contributed by atoms with van der Waals surface area (Å²) >= 11 is 0. The zero-order valence-corrected chi connectivity index (χ0v) is 14.8. The highest BCUT2D eigenvalue weighted by molar-refractivity contribution is 5.69. The van der Waals surface area contributed by atoms with Crippen LogP contribution in [0.4, 0.5) is 22.1 Å². The number of amides is 1. The summed E-state index contributed by atoms with van der Waals surface area (Å²) in [7, 11) is 0. The first-order valence-electron chi connectivity index (χ1n) is 8.32. The quantitative estimate of drug-likeness (QED) is 0.631. The number of nitrogens with zero attached hydrogens (tertiary/aromatic N) is 3. The topological polar surface area (TPSA) is 124 Å². The lowest BCUT2D eigenvalue weighted by Crippen LogP contribution is -2.48. The molecule has 1 aromatic rings. The van der Waals surface area contributed by atoms with Crippen LogP contribution in [-0.2, 0) is 4.74 Å². The molecule has 1 aliphatic rings. The van der Waals surface area contributed by atoms with Gasteiger partial charge in [0.2, 0.25) is 5.82 Å². The summed E-state index contributed by atoms with van der Waals surface area (Å²) in [4.78, 5) is 28.3. The van der Waals surface area contributed by atoms with E-state index in [-0.39, 0.29) is 23.6 Å². The highest BCUT2D eigenvalue weighted by Crippen LogP contribution is 2.23. The number of carbonyl (C=O) groups is 1. The van der Waals surface area contributed by atoms with Gasteiger partial charge in [-0.2, -0.15) is 0 Å². The number of carbonyl (C=O) groups excluding carboxylic acids is 1. The van der Waals surface area contributed by atoms with Crippen LogP contribution in [0.2, 0.25) is 0 Å². The molecule has 0 bridgehead atoms. The van der Waals surface area contributed by atoms with E-state index in [2.05, 4.69) is 10.3 Å². The Bertz CT molecular complexity index is 644. The molecule has 1 amide bonds. The fraction of sp³-hybridized carbons (Fsp3) is 0.625. The second kappa shape index (κ2) is 7.54. The molecule has 138 valence electrons. The first-order chi connectivity index (χ1) is 11.7. The number of hydrogen-bond acceptors (Lipinski definition) is 7. The Morgan fingerprint density at radius 3 is 2.80 bits per heavy atom. The van der Waals surface area contributed by atoms with E-state index in [9.17, 15) is 14.9 Å². The Labute approximate surface area is 146 Å². The Balaban J connectivity index is 2.01. The first kappa shape index (κ1) is 18.8. The number of rotatable bonds is 4. The normalized spacial score (nSPS) is 17.9. The molecular formula is C16H25N5O4. The Hall–Kier alpha value is -2.58. The van der Waals surface area contributed by atoms with Crippen LogP contribution in [0.5, 0.6) is 0 Å². The van der Waals surface area contributed by atoms with Crippen LogP contribution in [0.25, 0.3) is 0 Å². The second-order valence-electron chi connectivity index (χ2n) is 7.06. The molecule has 2 rings (SSSR count). The summed E-state index contributed by atoms with van der Waals surface area (Å²) in [5, 5.41) is 13.9. The monoisotopic (exact) mass is 351 g/mol. The van der Waals surface area contributed by atoms with Crippen molar-refractivity contribution >= 4 is 23.4 Å². The maximum absolute atomic E-state index is 12.4. The lowest BCUT2D eigenvalue weighted by molar-refractivity contribution is -0.384. The van der Waals surface area contributed by atoms with Crippen molar-refractivity contribution in [3.63, 3.8) is 0 Å². The highest BCUT2D eigenvalue weighted by atomic mass is 16.6. The number of nitro groups is 1. The average molecular weight is 351 g/mol. The molecular weight excluding hydrogens is 326 g/mol. The molecule has 9 heteroatoms. The van der Waals surface area contributed by atoms with Crippen molar-refractivity contribution in [3.05, 3.63) is 22.2 Å². The summed E-state index contributed by atoms with van der Waals surface area (Å²) in [6, 6.07) is 2.80. The molecule has 1 saturated heterocycles. The second-order valence-corrected chi connectivity index (χ2v) is 7.06. The molecule has 1 fully saturated rings. The Morgan fingerprint density at radius 1 is 1.48 bits per heavy atom. The number of aromatic nitrogens is 1. The van der Waals surface area contributed by atoms with E-state index < -0.39 is 10.5 Å². The average Bonchev–Trinajstić information content (AvgIpc) is 2.51. The van der Waals surface area contributed by atoms with E-state index in [1.807, 2.05) is 20.8 Å². The molecule has 0 aliphatic carbocycles. The van der Waals surface area contributed by atoms with Crippen molar-refractivity contribution in [3.8, 4) is 0 Å². The number of piperidine rings is 1. The van der Waals surface area contributed by atoms with Crippen LogP contribution in [0.15, 0.2) is 12.1 Å². The number of anilines is 2. The van der Waals surface area contributed by atoms with Crippen LogP contribution in [0, 0.1) is 10.1 Å². The molecule has 0 spiro atoms. The maximum atomic E-state index is 12.4. The van der Waals surface area contributed by atoms with Crippen molar-refractivity contribution < 1.29 is 14.5 Å². The van der Waals surface area contributed by atoms with E-state index >= 15 is 0 Å². The van der Waals surface area contributed by atoms with Crippen LogP contribution >= 0.6 is 0 Å². The van der Waals surface area contributed by atoms with Gasteiger partial charge in [-0.05, 0) is 46.1 Å². The predicted octanol–water partition coefficient (Wildman–Crippen LogP) is 2.77. The third kappa shape index (κ3) is 5.20. The molecule has 2 heterocycles. The number of nitrogen functional groups attached to an aromatic ring is 1. The fourth-order valence-corrected chi connectivity index (χ4v) is 2.72. The van der Waals surface area contributed by atoms with Crippen molar-refractivity contribution in [2.45, 2.75) is 51.7 Å². The molecule has 9 nitrogen and oxygen atoms in total. The highest BCUT2D eigenvalue weighted by Gasteiger charge is 2.30. The van der Waals surface area contributed by atoms with Gasteiger partial charge in [0.25, 0.3) is 0 Å². The minimum atomic E-state index is -0.572. The van der Waals surface area contributed by atoms with E-state index in [1.54, 1.807) is 4.90 Å².